The minimum atomic E-state index is 0. The third-order valence-corrected chi connectivity index (χ3v) is 3.27. The molecule has 1 unspecified atom stereocenters. The van der Waals surface area contributed by atoms with Gasteiger partial charge >= 0.3 is 0 Å². The zero-order valence-corrected chi connectivity index (χ0v) is 12.6. The van der Waals surface area contributed by atoms with Gasteiger partial charge in [-0.3, -0.25) is 9.58 Å². The minimum absolute atomic E-state index is 0. The number of hydrogen-bond donors (Lipinski definition) is 1. The Balaban J connectivity index is 0.00000144. The largest absolute Gasteiger partial charge is 0.319 e. The van der Waals surface area contributed by atoms with Crippen molar-refractivity contribution in [2.45, 2.75) is 19.4 Å². The van der Waals surface area contributed by atoms with Gasteiger partial charge in [0.15, 0.2) is 0 Å². The number of piperidine rings is 1. The van der Waals surface area contributed by atoms with E-state index < -0.39 is 0 Å². The number of aryl methyl sites for hydroxylation is 1. The summed E-state index contributed by atoms with van der Waals surface area (Å²) < 4.78 is 1.86. The molecule has 1 aliphatic heterocycles. The van der Waals surface area contributed by atoms with Crippen LogP contribution in [0.1, 0.15) is 18.7 Å². The molecule has 1 N–H and O–H groups in total. The van der Waals surface area contributed by atoms with Gasteiger partial charge in [-0.25, -0.2) is 4.98 Å². The van der Waals surface area contributed by atoms with Crippen molar-refractivity contribution in [3.63, 3.8) is 0 Å². The molecule has 0 aliphatic carbocycles. The first-order valence-electron chi connectivity index (χ1n) is 5.99. The molecular weight excluding hydrogens is 273 g/mol. The van der Waals surface area contributed by atoms with Crippen molar-refractivity contribution in [3.8, 4) is 0 Å². The van der Waals surface area contributed by atoms with Gasteiger partial charge in [0.25, 0.3) is 0 Å². The Labute approximate surface area is 121 Å². The average molecular weight is 296 g/mol. The van der Waals surface area contributed by atoms with Crippen molar-refractivity contribution in [2.24, 2.45) is 13.0 Å². The first-order valence-corrected chi connectivity index (χ1v) is 5.99. The third kappa shape index (κ3) is 4.72. The fourth-order valence-electron chi connectivity index (χ4n) is 2.41. The van der Waals surface area contributed by atoms with E-state index in [9.17, 15) is 0 Å². The van der Waals surface area contributed by atoms with Crippen LogP contribution in [0.4, 0.5) is 0 Å². The zero-order valence-electron chi connectivity index (χ0n) is 11.0. The maximum atomic E-state index is 4.28. The van der Waals surface area contributed by atoms with E-state index in [0.717, 1.165) is 24.8 Å². The highest BCUT2D eigenvalue weighted by Crippen LogP contribution is 2.17. The molecule has 7 heteroatoms. The number of likely N-dealkylation sites (tertiary alicyclic amines) is 1. The maximum Gasteiger partial charge on any atom is 0.140 e. The smallest absolute Gasteiger partial charge is 0.140 e. The molecule has 1 saturated heterocycles. The molecule has 0 bridgehead atoms. The van der Waals surface area contributed by atoms with Crippen LogP contribution >= 0.6 is 24.8 Å². The molecule has 1 aliphatic rings. The van der Waals surface area contributed by atoms with E-state index in [0.29, 0.717) is 0 Å². The molecule has 0 aromatic carbocycles. The molecule has 106 valence electrons. The minimum Gasteiger partial charge on any atom is -0.319 e. The summed E-state index contributed by atoms with van der Waals surface area (Å²) in [5, 5.41) is 7.37. The SMILES string of the molecule is CNCC1CCCN(Cc2ncnn2C)C1.Cl.Cl. The quantitative estimate of drug-likeness (QED) is 0.903. The fourth-order valence-corrected chi connectivity index (χ4v) is 2.41. The second kappa shape index (κ2) is 8.69. The van der Waals surface area contributed by atoms with Crippen molar-refractivity contribution in [1.29, 1.82) is 0 Å². The summed E-state index contributed by atoms with van der Waals surface area (Å²) in [4.78, 5) is 6.76. The molecule has 1 atom stereocenters. The number of aromatic nitrogens is 3. The number of nitrogens with one attached hydrogen (secondary N) is 1. The molecule has 1 fully saturated rings. The van der Waals surface area contributed by atoms with E-state index in [-0.39, 0.29) is 24.8 Å². The van der Waals surface area contributed by atoms with Gasteiger partial charge in [-0.15, -0.1) is 24.8 Å². The van der Waals surface area contributed by atoms with Crippen molar-refractivity contribution < 1.29 is 0 Å². The van der Waals surface area contributed by atoms with Gasteiger partial charge in [0, 0.05) is 13.6 Å². The fraction of sp³-hybridized carbons (Fsp3) is 0.818. The van der Waals surface area contributed by atoms with E-state index in [2.05, 4.69) is 20.3 Å². The molecule has 2 rings (SSSR count). The van der Waals surface area contributed by atoms with Crippen molar-refractivity contribution in [1.82, 2.24) is 25.0 Å². The molecule has 0 spiro atoms. The zero-order chi connectivity index (χ0) is 11.4. The molecule has 2 heterocycles. The first-order chi connectivity index (χ1) is 7.79. The summed E-state index contributed by atoms with van der Waals surface area (Å²) in [7, 11) is 3.99. The third-order valence-electron chi connectivity index (χ3n) is 3.27. The number of rotatable bonds is 4. The number of nitrogens with zero attached hydrogens (tertiary/aromatic N) is 4. The Morgan fingerprint density at radius 1 is 1.44 bits per heavy atom. The van der Waals surface area contributed by atoms with Crippen LogP contribution in [0, 0.1) is 5.92 Å². The van der Waals surface area contributed by atoms with Crippen LogP contribution in [0.2, 0.25) is 0 Å². The highest BCUT2D eigenvalue weighted by molar-refractivity contribution is 5.85. The van der Waals surface area contributed by atoms with Gasteiger partial charge in [-0.2, -0.15) is 5.10 Å². The van der Waals surface area contributed by atoms with Crippen LogP contribution in [0.15, 0.2) is 6.33 Å². The topological polar surface area (TPSA) is 46.0 Å². The van der Waals surface area contributed by atoms with Crippen molar-refractivity contribution >= 4 is 24.8 Å². The Morgan fingerprint density at radius 2 is 2.22 bits per heavy atom. The van der Waals surface area contributed by atoms with E-state index in [1.54, 1.807) is 6.33 Å². The predicted octanol–water partition coefficient (Wildman–Crippen LogP) is 1.09. The van der Waals surface area contributed by atoms with Crippen LogP contribution < -0.4 is 5.32 Å². The summed E-state index contributed by atoms with van der Waals surface area (Å²) >= 11 is 0. The van der Waals surface area contributed by atoms with E-state index in [4.69, 9.17) is 0 Å². The second-order valence-corrected chi connectivity index (χ2v) is 4.60. The van der Waals surface area contributed by atoms with Crippen LogP contribution in [0.5, 0.6) is 0 Å². The van der Waals surface area contributed by atoms with E-state index in [1.165, 1.54) is 25.9 Å². The lowest BCUT2D eigenvalue weighted by molar-refractivity contribution is 0.161. The van der Waals surface area contributed by atoms with Crippen LogP contribution in [0.25, 0.3) is 0 Å². The summed E-state index contributed by atoms with van der Waals surface area (Å²) in [6.07, 6.45) is 4.27. The van der Waals surface area contributed by atoms with Gasteiger partial charge in [0.2, 0.25) is 0 Å². The monoisotopic (exact) mass is 295 g/mol. The lowest BCUT2D eigenvalue weighted by Crippen LogP contribution is -2.39. The lowest BCUT2D eigenvalue weighted by atomic mass is 9.98. The highest BCUT2D eigenvalue weighted by Gasteiger charge is 2.20. The summed E-state index contributed by atoms with van der Waals surface area (Å²) in [5.74, 6) is 1.84. The van der Waals surface area contributed by atoms with Crippen LogP contribution in [-0.4, -0.2) is 46.3 Å². The standard InChI is InChI=1S/C11H21N5.2ClH/c1-12-6-10-4-3-5-16(7-10)8-11-13-9-14-15(11)2;;/h9-10,12H,3-8H2,1-2H3;2*1H. The molecule has 0 amide bonds. The Morgan fingerprint density at radius 3 is 2.83 bits per heavy atom. The van der Waals surface area contributed by atoms with Gasteiger partial charge in [-0.1, -0.05) is 0 Å². The Hall–Kier alpha value is -0.360. The summed E-state index contributed by atoms with van der Waals surface area (Å²) in [6.45, 7) is 4.41. The average Bonchev–Trinajstić information content (AvgIpc) is 2.66. The molecule has 5 nitrogen and oxygen atoms in total. The highest BCUT2D eigenvalue weighted by atomic mass is 35.5. The summed E-state index contributed by atoms with van der Waals surface area (Å²) in [5.41, 5.74) is 0. The van der Waals surface area contributed by atoms with Crippen molar-refractivity contribution in [3.05, 3.63) is 12.2 Å². The molecule has 1 aromatic rings. The second-order valence-electron chi connectivity index (χ2n) is 4.60. The van der Waals surface area contributed by atoms with Crippen molar-refractivity contribution in [2.75, 3.05) is 26.7 Å². The molecule has 0 radical (unpaired) electrons. The van der Waals surface area contributed by atoms with Crippen LogP contribution in [0.3, 0.4) is 0 Å². The Bertz CT molecular complexity index is 329. The first kappa shape index (κ1) is 17.6. The lowest BCUT2D eigenvalue weighted by Gasteiger charge is -2.32. The Kier molecular flexibility index (Phi) is 8.52. The number of hydrogen-bond acceptors (Lipinski definition) is 4. The van der Waals surface area contributed by atoms with Gasteiger partial charge in [0.1, 0.15) is 12.2 Å². The van der Waals surface area contributed by atoms with E-state index in [1.807, 2.05) is 18.8 Å². The van der Waals surface area contributed by atoms with Gasteiger partial charge in [0.05, 0.1) is 6.54 Å². The molecule has 0 saturated carbocycles. The van der Waals surface area contributed by atoms with Gasteiger partial charge in [-0.05, 0) is 38.9 Å². The number of halogens is 2. The predicted molar refractivity (Wildman–Crippen MR) is 77.4 cm³/mol. The molecular formula is C11H23Cl2N5. The maximum absolute atomic E-state index is 4.28. The van der Waals surface area contributed by atoms with Gasteiger partial charge < -0.3 is 5.32 Å². The summed E-state index contributed by atoms with van der Waals surface area (Å²) in [6, 6.07) is 0. The van der Waals surface area contributed by atoms with Crippen LogP contribution in [-0.2, 0) is 13.6 Å². The molecule has 1 aromatic heterocycles. The normalized spacial score (nSPS) is 20.0. The van der Waals surface area contributed by atoms with E-state index >= 15 is 0 Å². The molecule has 18 heavy (non-hydrogen) atoms.